The summed E-state index contributed by atoms with van der Waals surface area (Å²) in [5.41, 5.74) is 1.30. The van der Waals surface area contributed by atoms with Crippen LogP contribution in [-0.4, -0.2) is 48.5 Å². The zero-order valence-electron chi connectivity index (χ0n) is 16.9. The van der Waals surface area contributed by atoms with Crippen LogP contribution < -0.4 is 5.32 Å². The van der Waals surface area contributed by atoms with Gasteiger partial charge in [-0.05, 0) is 30.4 Å². The molecular formula is C19H27IN8S. The van der Waals surface area contributed by atoms with E-state index in [1.807, 2.05) is 36.5 Å². The van der Waals surface area contributed by atoms with Gasteiger partial charge in [0.2, 0.25) is 0 Å². The summed E-state index contributed by atoms with van der Waals surface area (Å²) in [5, 5.41) is 18.3. The molecule has 0 radical (unpaired) electrons. The quantitative estimate of drug-likeness (QED) is 0.315. The van der Waals surface area contributed by atoms with Gasteiger partial charge in [0.25, 0.3) is 0 Å². The molecule has 1 N–H and O–H groups in total. The van der Waals surface area contributed by atoms with E-state index in [1.165, 1.54) is 10.4 Å². The molecule has 0 bridgehead atoms. The minimum Gasteiger partial charge on any atom is -0.351 e. The Labute approximate surface area is 192 Å². The predicted molar refractivity (Wildman–Crippen MR) is 126 cm³/mol. The number of thiophene rings is 1. The van der Waals surface area contributed by atoms with Gasteiger partial charge in [-0.3, -0.25) is 4.68 Å². The Morgan fingerprint density at radius 2 is 2.21 bits per heavy atom. The van der Waals surface area contributed by atoms with Crippen molar-refractivity contribution in [3.8, 4) is 0 Å². The van der Waals surface area contributed by atoms with Crippen molar-refractivity contribution in [3.05, 3.63) is 52.0 Å². The molecule has 4 heterocycles. The largest absolute Gasteiger partial charge is 0.351 e. The molecule has 1 unspecified atom stereocenters. The average molecular weight is 526 g/mol. The molecule has 3 aromatic rings. The van der Waals surface area contributed by atoms with Gasteiger partial charge in [-0.25, -0.2) is 4.99 Å². The minimum atomic E-state index is 0. The SMILES string of the molecule is Cc1nnc(CN=C(NCc2cccs2)N2CCC(c3cnn(C)c3)C2)n1C.I. The summed E-state index contributed by atoms with van der Waals surface area (Å²) in [6, 6.07) is 4.22. The zero-order chi connectivity index (χ0) is 19.5. The molecule has 0 spiro atoms. The summed E-state index contributed by atoms with van der Waals surface area (Å²) in [6.45, 7) is 5.17. The second-order valence-electron chi connectivity index (χ2n) is 7.17. The monoisotopic (exact) mass is 526 g/mol. The molecule has 4 rings (SSSR count). The summed E-state index contributed by atoms with van der Waals surface area (Å²) < 4.78 is 3.86. The van der Waals surface area contributed by atoms with Gasteiger partial charge in [0, 0.05) is 44.2 Å². The predicted octanol–water partition coefficient (Wildman–Crippen LogP) is 2.67. The highest BCUT2D eigenvalue weighted by molar-refractivity contribution is 14.0. The normalized spacial score (nSPS) is 16.9. The van der Waals surface area contributed by atoms with E-state index in [2.05, 4.69) is 49.2 Å². The van der Waals surface area contributed by atoms with Crippen molar-refractivity contribution in [1.82, 2.24) is 34.8 Å². The Morgan fingerprint density at radius 3 is 2.86 bits per heavy atom. The Kier molecular flexibility index (Phi) is 7.28. The van der Waals surface area contributed by atoms with Crippen LogP contribution in [0, 0.1) is 6.92 Å². The number of aryl methyl sites for hydroxylation is 2. The molecule has 29 heavy (non-hydrogen) atoms. The second kappa shape index (κ2) is 9.70. The highest BCUT2D eigenvalue weighted by Gasteiger charge is 2.27. The first-order valence-electron chi connectivity index (χ1n) is 9.49. The van der Waals surface area contributed by atoms with E-state index in [1.54, 1.807) is 11.3 Å². The molecule has 0 saturated carbocycles. The third-order valence-electron chi connectivity index (χ3n) is 5.24. The lowest BCUT2D eigenvalue weighted by Gasteiger charge is -2.22. The van der Waals surface area contributed by atoms with Crippen LogP contribution in [-0.2, 0) is 27.2 Å². The summed E-state index contributed by atoms with van der Waals surface area (Å²) in [6.07, 6.45) is 5.20. The summed E-state index contributed by atoms with van der Waals surface area (Å²) in [5.74, 6) is 3.19. The first kappa shape index (κ1) is 21.8. The van der Waals surface area contributed by atoms with Crippen LogP contribution in [0.25, 0.3) is 0 Å². The van der Waals surface area contributed by atoms with Crippen LogP contribution in [0.15, 0.2) is 34.9 Å². The number of aromatic nitrogens is 5. The van der Waals surface area contributed by atoms with Crippen molar-refractivity contribution in [2.45, 2.75) is 32.4 Å². The number of hydrogen-bond acceptors (Lipinski definition) is 5. The lowest BCUT2D eigenvalue weighted by atomic mass is 10.0. The number of nitrogens with zero attached hydrogens (tertiary/aromatic N) is 7. The van der Waals surface area contributed by atoms with Crippen molar-refractivity contribution < 1.29 is 0 Å². The van der Waals surface area contributed by atoms with E-state index in [4.69, 9.17) is 4.99 Å². The van der Waals surface area contributed by atoms with Gasteiger partial charge in [-0.15, -0.1) is 45.5 Å². The van der Waals surface area contributed by atoms with Crippen LogP contribution in [0.4, 0.5) is 0 Å². The van der Waals surface area contributed by atoms with E-state index < -0.39 is 0 Å². The molecule has 0 aromatic carbocycles. The first-order chi connectivity index (χ1) is 13.6. The maximum absolute atomic E-state index is 4.87. The van der Waals surface area contributed by atoms with E-state index in [0.29, 0.717) is 12.5 Å². The molecular weight excluding hydrogens is 499 g/mol. The molecule has 1 aliphatic rings. The smallest absolute Gasteiger partial charge is 0.194 e. The third-order valence-corrected chi connectivity index (χ3v) is 6.11. The first-order valence-corrected chi connectivity index (χ1v) is 10.4. The van der Waals surface area contributed by atoms with E-state index in [0.717, 1.165) is 43.7 Å². The van der Waals surface area contributed by atoms with Crippen molar-refractivity contribution in [3.63, 3.8) is 0 Å². The maximum atomic E-state index is 4.87. The Balaban J connectivity index is 0.00000240. The standard InChI is InChI=1S/C19H26N8S.HI/c1-14-23-24-18(26(14)3)11-21-19(20-10-17-5-4-8-28-17)27-7-6-15(13-27)16-9-22-25(2)12-16;/h4-5,8-9,12,15H,6-7,10-11,13H2,1-3H3,(H,20,21);1H. The minimum absolute atomic E-state index is 0. The Hall–Kier alpha value is -1.95. The molecule has 10 heteroatoms. The number of likely N-dealkylation sites (tertiary alicyclic amines) is 1. The fourth-order valence-electron chi connectivity index (χ4n) is 3.46. The van der Waals surface area contributed by atoms with E-state index in [-0.39, 0.29) is 24.0 Å². The van der Waals surface area contributed by atoms with E-state index in [9.17, 15) is 0 Å². The lowest BCUT2D eigenvalue weighted by Crippen LogP contribution is -2.39. The molecule has 1 fully saturated rings. The van der Waals surface area contributed by atoms with Crippen LogP contribution in [0.1, 0.15) is 34.4 Å². The topological polar surface area (TPSA) is 76.2 Å². The van der Waals surface area contributed by atoms with Gasteiger partial charge in [-0.1, -0.05) is 6.07 Å². The highest BCUT2D eigenvalue weighted by Crippen LogP contribution is 2.26. The van der Waals surface area contributed by atoms with Crippen molar-refractivity contribution in [1.29, 1.82) is 0 Å². The molecule has 3 aromatic heterocycles. The third kappa shape index (κ3) is 5.16. The molecule has 1 atom stereocenters. The summed E-state index contributed by atoms with van der Waals surface area (Å²) >= 11 is 1.75. The van der Waals surface area contributed by atoms with Gasteiger partial charge in [-0.2, -0.15) is 5.10 Å². The number of guanidine groups is 1. The number of hydrogen-bond donors (Lipinski definition) is 1. The van der Waals surface area contributed by atoms with Gasteiger partial charge in [0.05, 0.1) is 12.7 Å². The van der Waals surface area contributed by atoms with Crippen LogP contribution >= 0.6 is 35.3 Å². The van der Waals surface area contributed by atoms with Crippen molar-refractivity contribution in [2.75, 3.05) is 13.1 Å². The Morgan fingerprint density at radius 1 is 1.34 bits per heavy atom. The van der Waals surface area contributed by atoms with Crippen LogP contribution in [0.3, 0.4) is 0 Å². The van der Waals surface area contributed by atoms with Gasteiger partial charge in [0.1, 0.15) is 12.4 Å². The highest BCUT2D eigenvalue weighted by atomic mass is 127. The maximum Gasteiger partial charge on any atom is 0.194 e. The second-order valence-corrected chi connectivity index (χ2v) is 8.21. The molecule has 0 aliphatic carbocycles. The Bertz CT molecular complexity index is 945. The number of nitrogens with one attached hydrogen (secondary N) is 1. The summed E-state index contributed by atoms with van der Waals surface area (Å²) in [4.78, 5) is 8.51. The molecule has 0 amide bonds. The molecule has 1 aliphatic heterocycles. The number of halogens is 1. The van der Waals surface area contributed by atoms with Crippen molar-refractivity contribution in [2.24, 2.45) is 19.1 Å². The van der Waals surface area contributed by atoms with Gasteiger partial charge >= 0.3 is 0 Å². The average Bonchev–Trinajstić information content (AvgIpc) is 3.46. The fraction of sp³-hybridized carbons (Fsp3) is 0.474. The molecule has 156 valence electrons. The van der Waals surface area contributed by atoms with Crippen LogP contribution in [0.2, 0.25) is 0 Å². The van der Waals surface area contributed by atoms with Crippen LogP contribution in [0.5, 0.6) is 0 Å². The van der Waals surface area contributed by atoms with Gasteiger partial charge < -0.3 is 14.8 Å². The van der Waals surface area contributed by atoms with Gasteiger partial charge in [0.15, 0.2) is 11.8 Å². The lowest BCUT2D eigenvalue weighted by molar-refractivity contribution is 0.483. The number of rotatable bonds is 5. The van der Waals surface area contributed by atoms with Crippen molar-refractivity contribution >= 4 is 41.3 Å². The van der Waals surface area contributed by atoms with E-state index >= 15 is 0 Å². The number of aliphatic imine (C=N–C) groups is 1. The summed E-state index contributed by atoms with van der Waals surface area (Å²) in [7, 11) is 3.95. The molecule has 8 nitrogen and oxygen atoms in total. The molecule has 1 saturated heterocycles. The fourth-order valence-corrected chi connectivity index (χ4v) is 4.10. The zero-order valence-corrected chi connectivity index (χ0v) is 20.1.